The molecule has 0 fully saturated rings. The predicted molar refractivity (Wildman–Crippen MR) is 98.6 cm³/mol. The first kappa shape index (κ1) is 15.7. The van der Waals surface area contributed by atoms with Gasteiger partial charge in [-0.25, -0.2) is 0 Å². The van der Waals surface area contributed by atoms with Gasteiger partial charge in [0.05, 0.1) is 0 Å². The molecule has 0 saturated heterocycles. The lowest BCUT2D eigenvalue weighted by Crippen LogP contribution is -2.18. The van der Waals surface area contributed by atoms with Crippen molar-refractivity contribution in [1.82, 2.24) is 0 Å². The van der Waals surface area contributed by atoms with Crippen molar-refractivity contribution in [2.75, 3.05) is 0 Å². The molecule has 25 heavy (non-hydrogen) atoms. The smallest absolute Gasteiger partial charge is 0.249 e. The molecule has 3 nitrogen and oxygen atoms in total. The van der Waals surface area contributed by atoms with E-state index < -0.39 is 5.91 Å². The van der Waals surface area contributed by atoms with Crippen molar-refractivity contribution < 1.29 is 9.53 Å². The van der Waals surface area contributed by atoms with Crippen LogP contribution in [0.1, 0.15) is 38.5 Å². The van der Waals surface area contributed by atoms with Crippen LogP contribution in [0.2, 0.25) is 5.02 Å². The third-order valence-electron chi connectivity index (χ3n) is 4.52. The van der Waals surface area contributed by atoms with Gasteiger partial charge in [0.2, 0.25) is 5.91 Å². The van der Waals surface area contributed by atoms with Gasteiger partial charge in [-0.2, -0.15) is 0 Å². The fourth-order valence-electron chi connectivity index (χ4n) is 3.40. The van der Waals surface area contributed by atoms with E-state index in [0.29, 0.717) is 16.3 Å². The van der Waals surface area contributed by atoms with Crippen LogP contribution >= 0.6 is 11.6 Å². The van der Waals surface area contributed by atoms with Crippen molar-refractivity contribution in [3.63, 3.8) is 0 Å². The highest BCUT2D eigenvalue weighted by molar-refractivity contribution is 6.30. The van der Waals surface area contributed by atoms with Gasteiger partial charge in [-0.15, -0.1) is 0 Å². The summed E-state index contributed by atoms with van der Waals surface area (Å²) in [5.41, 5.74) is 10.1. The van der Waals surface area contributed by atoms with Gasteiger partial charge in [-0.1, -0.05) is 48.0 Å². The second-order valence-electron chi connectivity index (χ2n) is 6.21. The van der Waals surface area contributed by atoms with Crippen LogP contribution in [0.15, 0.2) is 60.7 Å². The summed E-state index contributed by atoms with van der Waals surface area (Å²) < 4.78 is 6.09. The Kier molecular flexibility index (Phi) is 3.74. The number of hydrogen-bond donors (Lipinski definition) is 1. The average Bonchev–Trinajstić information content (AvgIpc) is 2.59. The first-order chi connectivity index (χ1) is 12.0. The Balaban J connectivity index is 2.01. The highest BCUT2D eigenvalue weighted by Crippen LogP contribution is 2.48. The Labute approximate surface area is 151 Å². The summed E-state index contributed by atoms with van der Waals surface area (Å²) in [7, 11) is 0. The maximum Gasteiger partial charge on any atom is 0.249 e. The van der Waals surface area contributed by atoms with E-state index in [0.717, 1.165) is 28.0 Å². The molecular formula is C21H16ClNO2. The summed E-state index contributed by atoms with van der Waals surface area (Å²) in [5, 5.41) is 0.608. The lowest BCUT2D eigenvalue weighted by atomic mass is 9.80. The van der Waals surface area contributed by atoms with Crippen molar-refractivity contribution in [2.24, 2.45) is 5.73 Å². The van der Waals surface area contributed by atoms with E-state index in [1.807, 2.05) is 61.5 Å². The Bertz CT molecular complexity index is 945. The van der Waals surface area contributed by atoms with Gasteiger partial charge in [0.15, 0.2) is 0 Å². The summed E-state index contributed by atoms with van der Waals surface area (Å²) in [4.78, 5) is 12.0. The van der Waals surface area contributed by atoms with Gasteiger partial charge in [-0.3, -0.25) is 4.79 Å². The van der Waals surface area contributed by atoms with Crippen molar-refractivity contribution in [3.8, 4) is 11.5 Å². The van der Waals surface area contributed by atoms with Crippen molar-refractivity contribution in [2.45, 2.75) is 12.8 Å². The first-order valence-electron chi connectivity index (χ1n) is 8.01. The molecular weight excluding hydrogens is 334 g/mol. The van der Waals surface area contributed by atoms with E-state index in [2.05, 4.69) is 0 Å². The van der Waals surface area contributed by atoms with Crippen molar-refractivity contribution in [3.05, 3.63) is 93.5 Å². The molecule has 3 aromatic carbocycles. The van der Waals surface area contributed by atoms with Crippen LogP contribution in [0.5, 0.6) is 11.5 Å². The number of rotatable bonds is 2. The average molecular weight is 350 g/mol. The standard InChI is InChI=1S/C21H16ClNO2/c1-12-6-8-16-18(10-12)25-19-11-13(22)7-9-17(19)20(16)14-4-2-3-5-15(14)21(23)24/h2-11,20H,1H3,(H2,23,24). The molecule has 0 aliphatic carbocycles. The number of aryl methyl sites for hydroxylation is 1. The number of amides is 1. The van der Waals surface area contributed by atoms with E-state index in [1.54, 1.807) is 6.07 Å². The van der Waals surface area contributed by atoms with E-state index in [-0.39, 0.29) is 5.92 Å². The molecule has 1 amide bonds. The lowest BCUT2D eigenvalue weighted by Gasteiger charge is -2.30. The Morgan fingerprint density at radius 3 is 2.40 bits per heavy atom. The Morgan fingerprint density at radius 1 is 0.960 bits per heavy atom. The van der Waals surface area contributed by atoms with E-state index in [4.69, 9.17) is 22.1 Å². The molecule has 124 valence electrons. The van der Waals surface area contributed by atoms with Crippen molar-refractivity contribution in [1.29, 1.82) is 0 Å². The van der Waals surface area contributed by atoms with Crippen LogP contribution in [-0.4, -0.2) is 5.91 Å². The fourth-order valence-corrected chi connectivity index (χ4v) is 3.56. The molecule has 4 rings (SSSR count). The highest BCUT2D eigenvalue weighted by Gasteiger charge is 2.31. The largest absolute Gasteiger partial charge is 0.457 e. The van der Waals surface area contributed by atoms with E-state index >= 15 is 0 Å². The summed E-state index contributed by atoms with van der Waals surface area (Å²) in [6.45, 7) is 2.02. The number of carbonyl (C=O) groups is 1. The zero-order chi connectivity index (χ0) is 17.6. The maximum absolute atomic E-state index is 12.0. The maximum atomic E-state index is 12.0. The second-order valence-corrected chi connectivity index (χ2v) is 6.65. The van der Waals surface area contributed by atoms with E-state index in [9.17, 15) is 4.79 Å². The predicted octanol–water partition coefficient (Wildman–Crippen LogP) is 5.03. The minimum Gasteiger partial charge on any atom is -0.457 e. The molecule has 1 heterocycles. The summed E-state index contributed by atoms with van der Waals surface area (Å²) in [6.07, 6.45) is 0. The van der Waals surface area contributed by atoms with Crippen LogP contribution in [0.25, 0.3) is 0 Å². The highest BCUT2D eigenvalue weighted by atomic mass is 35.5. The van der Waals surface area contributed by atoms with Crippen LogP contribution in [0.4, 0.5) is 0 Å². The van der Waals surface area contributed by atoms with Gasteiger partial charge in [-0.05, 0) is 42.3 Å². The SMILES string of the molecule is Cc1ccc2c(c1)Oc1cc(Cl)ccc1C2c1ccccc1C(N)=O. The molecule has 2 N–H and O–H groups in total. The Hall–Kier alpha value is -2.78. The molecule has 1 unspecified atom stereocenters. The van der Waals surface area contributed by atoms with Crippen LogP contribution in [-0.2, 0) is 0 Å². The zero-order valence-electron chi connectivity index (χ0n) is 13.6. The summed E-state index contributed by atoms with van der Waals surface area (Å²) >= 11 is 6.16. The van der Waals surface area contributed by atoms with Gasteiger partial charge in [0, 0.05) is 27.6 Å². The number of halogens is 1. The first-order valence-corrected chi connectivity index (χ1v) is 8.39. The molecule has 3 aromatic rings. The molecule has 4 heteroatoms. The molecule has 1 aliphatic heterocycles. The topological polar surface area (TPSA) is 52.3 Å². The van der Waals surface area contributed by atoms with Crippen molar-refractivity contribution >= 4 is 17.5 Å². The summed E-state index contributed by atoms with van der Waals surface area (Å²) in [5.74, 6) is 0.903. The van der Waals surface area contributed by atoms with Gasteiger partial charge < -0.3 is 10.5 Å². The number of fused-ring (bicyclic) bond motifs is 2. The van der Waals surface area contributed by atoms with E-state index in [1.165, 1.54) is 0 Å². The number of carbonyl (C=O) groups excluding carboxylic acids is 1. The van der Waals surface area contributed by atoms with Crippen LogP contribution in [0, 0.1) is 6.92 Å². The molecule has 0 bridgehead atoms. The van der Waals surface area contributed by atoms with Gasteiger partial charge >= 0.3 is 0 Å². The molecule has 0 aromatic heterocycles. The van der Waals surface area contributed by atoms with Crippen LogP contribution < -0.4 is 10.5 Å². The Morgan fingerprint density at radius 2 is 1.64 bits per heavy atom. The third-order valence-corrected chi connectivity index (χ3v) is 4.76. The minimum absolute atomic E-state index is 0.139. The van der Waals surface area contributed by atoms with Gasteiger partial charge in [0.25, 0.3) is 0 Å². The molecule has 1 aliphatic rings. The number of primary amides is 1. The molecule has 1 atom stereocenters. The number of hydrogen-bond acceptors (Lipinski definition) is 2. The quantitative estimate of drug-likeness (QED) is 0.551. The molecule has 0 spiro atoms. The normalized spacial score (nSPS) is 15.0. The second kappa shape index (κ2) is 5.94. The molecule has 0 radical (unpaired) electrons. The number of benzene rings is 3. The lowest BCUT2D eigenvalue weighted by molar-refractivity contribution is 0.0999. The molecule has 0 saturated carbocycles. The number of ether oxygens (including phenoxy) is 1. The number of nitrogens with two attached hydrogens (primary N) is 1. The fraction of sp³-hybridized carbons (Fsp3) is 0.0952. The zero-order valence-corrected chi connectivity index (χ0v) is 14.4. The minimum atomic E-state index is -0.439. The third kappa shape index (κ3) is 2.67. The van der Waals surface area contributed by atoms with Gasteiger partial charge in [0.1, 0.15) is 11.5 Å². The monoisotopic (exact) mass is 349 g/mol. The summed E-state index contributed by atoms with van der Waals surface area (Å²) in [6, 6.07) is 19.1. The van der Waals surface area contributed by atoms with Crippen LogP contribution in [0.3, 0.4) is 0 Å².